The minimum absolute atomic E-state index is 0.0987. The molecule has 0 saturated heterocycles. The first-order valence-electron chi connectivity index (χ1n) is 5.27. The number of primary amides is 1. The summed E-state index contributed by atoms with van der Waals surface area (Å²) in [4.78, 5) is 10.7. The molecule has 0 aliphatic heterocycles. The molecule has 1 amide bonds. The highest BCUT2D eigenvalue weighted by atomic mass is 16.5. The molecule has 1 aromatic heterocycles. The summed E-state index contributed by atoms with van der Waals surface area (Å²) in [7, 11) is 0. The molecule has 0 aromatic carbocycles. The van der Waals surface area contributed by atoms with E-state index in [0.29, 0.717) is 13.2 Å². The first-order valence-corrected chi connectivity index (χ1v) is 5.27. The summed E-state index contributed by atoms with van der Waals surface area (Å²) in [6.45, 7) is 5.41. The first-order chi connectivity index (χ1) is 7.61. The molecule has 16 heavy (non-hydrogen) atoms. The van der Waals surface area contributed by atoms with Crippen LogP contribution in [0.3, 0.4) is 0 Å². The number of nitrogens with zero attached hydrogens (tertiary/aromatic N) is 2. The molecular weight excluding hydrogens is 208 g/mol. The Hall–Kier alpha value is -1.56. The van der Waals surface area contributed by atoms with Crippen LogP contribution in [-0.2, 0) is 16.1 Å². The van der Waals surface area contributed by atoms with Crippen LogP contribution in [0.25, 0.3) is 0 Å². The molecule has 1 unspecified atom stereocenters. The van der Waals surface area contributed by atoms with Crippen LogP contribution < -0.4 is 11.1 Å². The summed E-state index contributed by atoms with van der Waals surface area (Å²) >= 11 is 0. The SMILES string of the molecule is CCOCC(C)Nc1cnn(CC(N)=O)c1. The molecule has 0 fully saturated rings. The van der Waals surface area contributed by atoms with E-state index in [2.05, 4.69) is 10.4 Å². The Bertz CT molecular complexity index is 337. The van der Waals surface area contributed by atoms with Gasteiger partial charge in [0.2, 0.25) is 5.91 Å². The molecule has 3 N–H and O–H groups in total. The van der Waals surface area contributed by atoms with E-state index in [1.54, 1.807) is 12.4 Å². The molecule has 0 bridgehead atoms. The average Bonchev–Trinajstić information content (AvgIpc) is 2.61. The van der Waals surface area contributed by atoms with Crippen molar-refractivity contribution >= 4 is 11.6 Å². The molecule has 0 saturated carbocycles. The lowest BCUT2D eigenvalue weighted by Gasteiger charge is -2.12. The summed E-state index contributed by atoms with van der Waals surface area (Å²) < 4.78 is 6.77. The van der Waals surface area contributed by atoms with Gasteiger partial charge in [-0.1, -0.05) is 0 Å². The second kappa shape index (κ2) is 6.12. The van der Waals surface area contributed by atoms with E-state index in [0.717, 1.165) is 5.69 Å². The predicted molar refractivity (Wildman–Crippen MR) is 61.0 cm³/mol. The lowest BCUT2D eigenvalue weighted by Crippen LogP contribution is -2.21. The van der Waals surface area contributed by atoms with Crippen LogP contribution in [0.15, 0.2) is 12.4 Å². The topological polar surface area (TPSA) is 82.2 Å². The Labute approximate surface area is 94.8 Å². The Kier molecular flexibility index (Phi) is 4.78. The zero-order valence-electron chi connectivity index (χ0n) is 9.64. The van der Waals surface area contributed by atoms with Crippen LogP contribution in [0.4, 0.5) is 5.69 Å². The Morgan fingerprint density at radius 1 is 1.75 bits per heavy atom. The van der Waals surface area contributed by atoms with Crippen LogP contribution in [0.1, 0.15) is 13.8 Å². The van der Waals surface area contributed by atoms with E-state index in [-0.39, 0.29) is 12.6 Å². The molecule has 0 spiro atoms. The maximum Gasteiger partial charge on any atom is 0.239 e. The number of nitrogens with two attached hydrogens (primary N) is 1. The number of amides is 1. The van der Waals surface area contributed by atoms with Crippen molar-refractivity contribution in [2.45, 2.75) is 26.4 Å². The maximum absolute atomic E-state index is 10.7. The molecule has 1 rings (SSSR count). The standard InChI is InChI=1S/C10H18N4O2/c1-3-16-7-8(2)13-9-4-12-14(5-9)6-10(11)15/h4-5,8,13H,3,6-7H2,1-2H3,(H2,11,15). The zero-order chi connectivity index (χ0) is 12.0. The Morgan fingerprint density at radius 3 is 3.12 bits per heavy atom. The highest BCUT2D eigenvalue weighted by Crippen LogP contribution is 2.06. The number of carbonyl (C=O) groups excluding carboxylic acids is 1. The third kappa shape index (κ3) is 4.31. The van der Waals surface area contributed by atoms with Gasteiger partial charge in [-0.2, -0.15) is 5.10 Å². The molecule has 0 aliphatic carbocycles. The number of nitrogens with one attached hydrogen (secondary N) is 1. The Balaban J connectivity index is 2.42. The van der Waals surface area contributed by atoms with E-state index < -0.39 is 5.91 Å². The fraction of sp³-hybridized carbons (Fsp3) is 0.600. The van der Waals surface area contributed by atoms with Crippen LogP contribution in [0.5, 0.6) is 0 Å². The van der Waals surface area contributed by atoms with E-state index >= 15 is 0 Å². The van der Waals surface area contributed by atoms with Crippen molar-refractivity contribution < 1.29 is 9.53 Å². The van der Waals surface area contributed by atoms with Gasteiger partial charge in [-0.05, 0) is 13.8 Å². The first kappa shape index (κ1) is 12.5. The van der Waals surface area contributed by atoms with E-state index in [1.807, 2.05) is 13.8 Å². The van der Waals surface area contributed by atoms with Gasteiger partial charge < -0.3 is 15.8 Å². The maximum atomic E-state index is 10.7. The smallest absolute Gasteiger partial charge is 0.239 e. The van der Waals surface area contributed by atoms with E-state index in [1.165, 1.54) is 4.68 Å². The van der Waals surface area contributed by atoms with Crippen LogP contribution in [-0.4, -0.2) is 34.9 Å². The van der Waals surface area contributed by atoms with Gasteiger partial charge in [-0.3, -0.25) is 9.48 Å². The van der Waals surface area contributed by atoms with Crippen molar-refractivity contribution in [1.29, 1.82) is 0 Å². The Morgan fingerprint density at radius 2 is 2.50 bits per heavy atom. The van der Waals surface area contributed by atoms with Crippen molar-refractivity contribution in [3.8, 4) is 0 Å². The molecule has 6 heteroatoms. The van der Waals surface area contributed by atoms with Gasteiger partial charge in [0.1, 0.15) is 6.54 Å². The zero-order valence-corrected chi connectivity index (χ0v) is 9.64. The van der Waals surface area contributed by atoms with Gasteiger partial charge in [-0.15, -0.1) is 0 Å². The minimum atomic E-state index is -0.406. The summed E-state index contributed by atoms with van der Waals surface area (Å²) in [6.07, 6.45) is 3.40. The minimum Gasteiger partial charge on any atom is -0.380 e. The van der Waals surface area contributed by atoms with Crippen molar-refractivity contribution in [2.24, 2.45) is 5.73 Å². The van der Waals surface area contributed by atoms with Gasteiger partial charge in [-0.25, -0.2) is 0 Å². The van der Waals surface area contributed by atoms with Gasteiger partial charge in [0.25, 0.3) is 0 Å². The number of hydrogen-bond acceptors (Lipinski definition) is 4. The molecule has 0 aliphatic rings. The van der Waals surface area contributed by atoms with Gasteiger partial charge >= 0.3 is 0 Å². The molecule has 90 valence electrons. The number of ether oxygens (including phenoxy) is 1. The quantitative estimate of drug-likeness (QED) is 0.696. The monoisotopic (exact) mass is 226 g/mol. The van der Waals surface area contributed by atoms with Crippen LogP contribution in [0, 0.1) is 0 Å². The lowest BCUT2D eigenvalue weighted by atomic mass is 10.3. The highest BCUT2D eigenvalue weighted by molar-refractivity contribution is 5.73. The van der Waals surface area contributed by atoms with Gasteiger partial charge in [0, 0.05) is 18.8 Å². The number of anilines is 1. The predicted octanol–water partition coefficient (Wildman–Crippen LogP) is 0.205. The third-order valence-electron chi connectivity index (χ3n) is 1.94. The molecule has 1 atom stereocenters. The van der Waals surface area contributed by atoms with Crippen molar-refractivity contribution in [2.75, 3.05) is 18.5 Å². The number of aromatic nitrogens is 2. The van der Waals surface area contributed by atoms with Crippen molar-refractivity contribution in [1.82, 2.24) is 9.78 Å². The van der Waals surface area contributed by atoms with Gasteiger partial charge in [0.05, 0.1) is 18.5 Å². The lowest BCUT2D eigenvalue weighted by molar-refractivity contribution is -0.118. The summed E-state index contributed by atoms with van der Waals surface area (Å²) in [6, 6.07) is 0.200. The second-order valence-corrected chi connectivity index (χ2v) is 3.60. The fourth-order valence-corrected chi connectivity index (χ4v) is 1.31. The normalized spacial score (nSPS) is 12.4. The van der Waals surface area contributed by atoms with Crippen LogP contribution >= 0.6 is 0 Å². The van der Waals surface area contributed by atoms with Gasteiger partial charge in [0.15, 0.2) is 0 Å². The molecule has 0 radical (unpaired) electrons. The van der Waals surface area contributed by atoms with Crippen molar-refractivity contribution in [3.63, 3.8) is 0 Å². The molecule has 1 heterocycles. The summed E-state index contributed by atoms with van der Waals surface area (Å²) in [5.74, 6) is -0.406. The highest BCUT2D eigenvalue weighted by Gasteiger charge is 2.05. The molecule has 1 aromatic rings. The fourth-order valence-electron chi connectivity index (χ4n) is 1.31. The third-order valence-corrected chi connectivity index (χ3v) is 1.94. The summed E-state index contributed by atoms with van der Waals surface area (Å²) in [5.41, 5.74) is 5.92. The summed E-state index contributed by atoms with van der Waals surface area (Å²) in [5, 5.41) is 7.21. The second-order valence-electron chi connectivity index (χ2n) is 3.60. The van der Waals surface area contributed by atoms with E-state index in [9.17, 15) is 4.79 Å². The largest absolute Gasteiger partial charge is 0.380 e. The number of rotatable bonds is 7. The molecule has 6 nitrogen and oxygen atoms in total. The number of carbonyl (C=O) groups is 1. The van der Waals surface area contributed by atoms with Crippen LogP contribution in [0.2, 0.25) is 0 Å². The number of hydrogen-bond donors (Lipinski definition) is 2. The van der Waals surface area contributed by atoms with E-state index in [4.69, 9.17) is 10.5 Å². The molecular formula is C10H18N4O2. The average molecular weight is 226 g/mol. The van der Waals surface area contributed by atoms with Crippen molar-refractivity contribution in [3.05, 3.63) is 12.4 Å².